The summed E-state index contributed by atoms with van der Waals surface area (Å²) in [6, 6.07) is 1.28. The molecule has 2 aliphatic rings. The maximum atomic E-state index is 11.4. The molecule has 1 unspecified atom stereocenters. The molecule has 0 radical (unpaired) electrons. The zero-order chi connectivity index (χ0) is 14.1. The summed E-state index contributed by atoms with van der Waals surface area (Å²) in [6.45, 7) is 1.54. The lowest BCUT2D eigenvalue weighted by atomic mass is 10.3. The average molecular weight is 274 g/mol. The van der Waals surface area contributed by atoms with E-state index in [0.29, 0.717) is 11.6 Å². The Balaban J connectivity index is 1.83. The van der Waals surface area contributed by atoms with E-state index < -0.39 is 11.9 Å². The van der Waals surface area contributed by atoms with Gasteiger partial charge in [-0.3, -0.25) is 10.1 Å². The molecule has 0 bridgehead atoms. The Morgan fingerprint density at radius 1 is 1.40 bits per heavy atom. The minimum Gasteiger partial charge on any atom is -0.339 e. The van der Waals surface area contributed by atoms with Crippen LogP contribution in [-0.4, -0.2) is 41.0 Å². The summed E-state index contributed by atoms with van der Waals surface area (Å²) in [6.07, 6.45) is 4.04. The number of hydrogen-bond acceptors (Lipinski definition) is 6. The molecular formula is C12H14N6O2. The van der Waals surface area contributed by atoms with Crippen molar-refractivity contribution in [3.8, 4) is 0 Å². The number of rotatable bonds is 2. The van der Waals surface area contributed by atoms with Crippen molar-refractivity contribution in [2.45, 2.75) is 12.5 Å². The molecule has 1 aromatic rings. The van der Waals surface area contributed by atoms with Crippen LogP contribution in [-0.2, 0) is 4.79 Å². The summed E-state index contributed by atoms with van der Waals surface area (Å²) >= 11 is 0. The lowest BCUT2D eigenvalue weighted by Crippen LogP contribution is -2.27. The minimum absolute atomic E-state index is 0.139. The van der Waals surface area contributed by atoms with Crippen molar-refractivity contribution < 1.29 is 9.59 Å². The molecule has 2 fully saturated rings. The molecule has 0 aliphatic carbocycles. The monoisotopic (exact) mass is 274 g/mol. The van der Waals surface area contributed by atoms with Crippen LogP contribution in [0.25, 0.3) is 6.08 Å². The highest BCUT2D eigenvalue weighted by Crippen LogP contribution is 2.16. The smallest absolute Gasteiger partial charge is 0.326 e. The van der Waals surface area contributed by atoms with E-state index in [1.807, 2.05) is 4.90 Å². The SMILES string of the molecule is NC1CCN(c2nccc(/C=C3/NC(=O)NC3=O)n2)C1. The molecule has 8 heteroatoms. The Labute approximate surface area is 115 Å². The summed E-state index contributed by atoms with van der Waals surface area (Å²) in [5.41, 5.74) is 6.59. The fourth-order valence-electron chi connectivity index (χ4n) is 2.19. The molecule has 8 nitrogen and oxygen atoms in total. The van der Waals surface area contributed by atoms with Gasteiger partial charge in [-0.2, -0.15) is 0 Å². The first-order chi connectivity index (χ1) is 9.61. The summed E-state index contributed by atoms with van der Waals surface area (Å²) in [5, 5.41) is 4.55. The Morgan fingerprint density at radius 2 is 2.25 bits per heavy atom. The second kappa shape index (κ2) is 4.89. The molecule has 1 atom stereocenters. The molecule has 1 aromatic heterocycles. The van der Waals surface area contributed by atoms with Crippen LogP contribution < -0.4 is 21.3 Å². The van der Waals surface area contributed by atoms with Gasteiger partial charge in [-0.15, -0.1) is 0 Å². The van der Waals surface area contributed by atoms with Gasteiger partial charge in [0.05, 0.1) is 5.69 Å². The van der Waals surface area contributed by atoms with E-state index in [1.165, 1.54) is 6.08 Å². The van der Waals surface area contributed by atoms with Crippen LogP contribution in [0.1, 0.15) is 12.1 Å². The number of amides is 3. The molecule has 4 N–H and O–H groups in total. The largest absolute Gasteiger partial charge is 0.339 e. The lowest BCUT2D eigenvalue weighted by molar-refractivity contribution is -0.115. The van der Waals surface area contributed by atoms with E-state index in [0.717, 1.165) is 19.5 Å². The summed E-state index contributed by atoms with van der Waals surface area (Å²) < 4.78 is 0. The third-order valence-corrected chi connectivity index (χ3v) is 3.18. The summed E-state index contributed by atoms with van der Waals surface area (Å²) in [4.78, 5) is 33.0. The molecule has 3 amide bonds. The van der Waals surface area contributed by atoms with Gasteiger partial charge in [0.1, 0.15) is 5.70 Å². The lowest BCUT2D eigenvalue weighted by Gasteiger charge is -2.15. The van der Waals surface area contributed by atoms with Crippen LogP contribution in [0, 0.1) is 0 Å². The van der Waals surface area contributed by atoms with E-state index >= 15 is 0 Å². The molecule has 3 heterocycles. The highest BCUT2D eigenvalue weighted by molar-refractivity contribution is 6.13. The zero-order valence-electron chi connectivity index (χ0n) is 10.7. The normalized spacial score (nSPS) is 24.1. The van der Waals surface area contributed by atoms with Gasteiger partial charge < -0.3 is 16.0 Å². The Bertz CT molecular complexity index is 599. The fraction of sp³-hybridized carbons (Fsp3) is 0.333. The van der Waals surface area contributed by atoms with Gasteiger partial charge in [0.2, 0.25) is 5.95 Å². The van der Waals surface area contributed by atoms with Gasteiger partial charge in [0, 0.05) is 25.3 Å². The van der Waals surface area contributed by atoms with Crippen molar-refractivity contribution >= 4 is 24.0 Å². The molecule has 3 rings (SSSR count). The third kappa shape index (κ3) is 2.45. The van der Waals surface area contributed by atoms with Crippen molar-refractivity contribution in [2.24, 2.45) is 5.73 Å². The molecule has 0 saturated carbocycles. The maximum absolute atomic E-state index is 11.4. The summed E-state index contributed by atoms with van der Waals surface area (Å²) in [5.74, 6) is 0.121. The molecule has 104 valence electrons. The number of aromatic nitrogens is 2. The number of nitrogens with one attached hydrogen (secondary N) is 2. The predicted octanol–water partition coefficient (Wildman–Crippen LogP) is -0.806. The van der Waals surface area contributed by atoms with Gasteiger partial charge in [0.15, 0.2) is 0 Å². The highest BCUT2D eigenvalue weighted by Gasteiger charge is 2.24. The van der Waals surface area contributed by atoms with Crippen molar-refractivity contribution in [1.82, 2.24) is 20.6 Å². The first-order valence-electron chi connectivity index (χ1n) is 6.29. The van der Waals surface area contributed by atoms with E-state index in [9.17, 15) is 9.59 Å². The number of anilines is 1. The van der Waals surface area contributed by atoms with Crippen LogP contribution in [0.5, 0.6) is 0 Å². The van der Waals surface area contributed by atoms with E-state index in [2.05, 4.69) is 20.6 Å². The molecule has 0 spiro atoms. The molecule has 0 aromatic carbocycles. The number of urea groups is 1. The minimum atomic E-state index is -0.527. The fourth-order valence-corrected chi connectivity index (χ4v) is 2.19. The van der Waals surface area contributed by atoms with Gasteiger partial charge >= 0.3 is 6.03 Å². The van der Waals surface area contributed by atoms with Crippen LogP contribution in [0.3, 0.4) is 0 Å². The van der Waals surface area contributed by atoms with Crippen LogP contribution in [0.2, 0.25) is 0 Å². The number of nitrogens with two attached hydrogens (primary N) is 1. The van der Waals surface area contributed by atoms with Gasteiger partial charge in [-0.25, -0.2) is 14.8 Å². The van der Waals surface area contributed by atoms with E-state index in [4.69, 9.17) is 5.73 Å². The Hall–Kier alpha value is -2.48. The Morgan fingerprint density at radius 3 is 2.90 bits per heavy atom. The average Bonchev–Trinajstić information content (AvgIpc) is 2.97. The maximum Gasteiger partial charge on any atom is 0.326 e. The highest BCUT2D eigenvalue weighted by atomic mass is 16.2. The van der Waals surface area contributed by atoms with E-state index in [-0.39, 0.29) is 11.7 Å². The number of carbonyl (C=O) groups is 2. The molecule has 2 saturated heterocycles. The number of carbonyl (C=O) groups excluding carboxylic acids is 2. The van der Waals surface area contributed by atoms with E-state index in [1.54, 1.807) is 12.3 Å². The van der Waals surface area contributed by atoms with Crippen LogP contribution in [0.15, 0.2) is 18.0 Å². The first-order valence-corrected chi connectivity index (χ1v) is 6.29. The van der Waals surface area contributed by atoms with Gasteiger partial charge in [-0.05, 0) is 18.6 Å². The second-order valence-electron chi connectivity index (χ2n) is 4.74. The quantitative estimate of drug-likeness (QED) is 0.480. The predicted molar refractivity (Wildman–Crippen MR) is 71.5 cm³/mol. The first kappa shape index (κ1) is 12.5. The second-order valence-corrected chi connectivity index (χ2v) is 4.74. The third-order valence-electron chi connectivity index (χ3n) is 3.18. The van der Waals surface area contributed by atoms with Crippen LogP contribution >= 0.6 is 0 Å². The van der Waals surface area contributed by atoms with Crippen LogP contribution in [0.4, 0.5) is 10.7 Å². The number of hydrogen-bond donors (Lipinski definition) is 3. The number of nitrogens with zero attached hydrogens (tertiary/aromatic N) is 3. The summed E-state index contributed by atoms with van der Waals surface area (Å²) in [7, 11) is 0. The topological polar surface area (TPSA) is 113 Å². The van der Waals surface area contributed by atoms with Crippen molar-refractivity contribution in [3.05, 3.63) is 23.7 Å². The van der Waals surface area contributed by atoms with Gasteiger partial charge in [-0.1, -0.05) is 0 Å². The van der Waals surface area contributed by atoms with Crippen molar-refractivity contribution in [2.75, 3.05) is 18.0 Å². The molecule has 2 aliphatic heterocycles. The zero-order valence-corrected chi connectivity index (χ0v) is 10.7. The van der Waals surface area contributed by atoms with Crippen molar-refractivity contribution in [1.29, 1.82) is 0 Å². The standard InChI is InChI=1S/C12H14N6O2/c13-7-2-4-18(6-7)11-14-3-1-8(15-11)5-9-10(19)17-12(20)16-9/h1,3,5,7H,2,4,6,13H2,(H2,16,17,19,20)/b9-5+. The number of imide groups is 1. The molecular weight excluding hydrogens is 260 g/mol. The van der Waals surface area contributed by atoms with Gasteiger partial charge in [0.25, 0.3) is 5.91 Å². The Kier molecular flexibility index (Phi) is 3.07. The van der Waals surface area contributed by atoms with Crippen molar-refractivity contribution in [3.63, 3.8) is 0 Å². The molecule has 20 heavy (non-hydrogen) atoms.